The lowest BCUT2D eigenvalue weighted by atomic mass is 10.0. The monoisotopic (exact) mass is 2250 g/mol. The quantitative estimate of drug-likeness (QED) is 0.0451. The fourth-order valence-electron chi connectivity index (χ4n) is 5.08. The second-order valence-corrected chi connectivity index (χ2v) is 19.8. The summed E-state index contributed by atoms with van der Waals surface area (Å²) in [5.41, 5.74) is -8.13. The minimum absolute atomic E-state index is 0.500. The summed E-state index contributed by atoms with van der Waals surface area (Å²) in [5, 5.41) is 0. The van der Waals surface area contributed by atoms with Crippen molar-refractivity contribution in [1.82, 2.24) is 0 Å². The zero-order valence-corrected chi connectivity index (χ0v) is 65.6. The average Bonchev–Trinajstić information content (AvgIpc) is 1.44. The molecule has 1 aliphatic carbocycles. The first-order chi connectivity index (χ1) is 60.5. The molecule has 2 aliphatic rings. The summed E-state index contributed by atoms with van der Waals surface area (Å²) >= 11 is 0. The van der Waals surface area contributed by atoms with Crippen LogP contribution >= 0.6 is 0 Å². The minimum atomic E-state index is -7.04. The molecule has 12 nitrogen and oxygen atoms in total. The molecule has 0 N–H and O–H groups in total. The Labute approximate surface area is 716 Å². The molecule has 0 radical (unpaired) electrons. The normalized spacial score (nSPS) is 15.8. The fraction of sp³-hybridized carbons (Fsp3) is 0.727. The van der Waals surface area contributed by atoms with Gasteiger partial charge in [0.05, 0.1) is 62.4 Å². The molecule has 1 aliphatic heterocycles. The van der Waals surface area contributed by atoms with Crippen molar-refractivity contribution in [3.63, 3.8) is 0 Å². The van der Waals surface area contributed by atoms with Gasteiger partial charge in [-0.15, -0.1) is 8.78 Å². The number of fused-ring (bicyclic) bond motifs is 1. The van der Waals surface area contributed by atoms with Crippen LogP contribution in [0.4, 0.5) is 317 Å². The molecule has 0 bridgehead atoms. The molecule has 0 saturated heterocycles. The fourth-order valence-corrected chi connectivity index (χ4v) is 5.08. The summed E-state index contributed by atoms with van der Waals surface area (Å²) in [4.78, 5) is 8.11. The summed E-state index contributed by atoms with van der Waals surface area (Å²) < 4.78 is 869. The van der Waals surface area contributed by atoms with Crippen LogP contribution in [0.2, 0.25) is 0 Å². The maximum Gasteiger partial charge on any atom is 0.483 e. The van der Waals surface area contributed by atoms with Gasteiger partial charge in [-0.25, -0.2) is 62.6 Å². The first kappa shape index (κ1) is 158. The predicted octanol–water partition coefficient (Wildman–Crippen LogP) is 29.5. The molecule has 83 heteroatoms. The van der Waals surface area contributed by atoms with E-state index in [2.05, 4.69) is 55.8 Å². The molecule has 838 valence electrons. The maximum atomic E-state index is 13.3. The average molecular weight is 2250 g/mol. The number of carbonyl (C=O) groups is 1. The molecule has 1 saturated carbocycles. The summed E-state index contributed by atoms with van der Waals surface area (Å²) in [6.07, 6.45) is -112. The Morgan fingerprint density at radius 3 is 0.775 bits per heavy atom. The Morgan fingerprint density at radius 1 is 0.304 bits per heavy atom. The van der Waals surface area contributed by atoms with Crippen molar-refractivity contribution in [2.24, 2.45) is 5.41 Å². The van der Waals surface area contributed by atoms with Crippen LogP contribution in [0, 0.1) is 5.41 Å². The summed E-state index contributed by atoms with van der Waals surface area (Å²) in [5.74, 6) is -49.9. The molecule has 2 rings (SSSR count). The van der Waals surface area contributed by atoms with Crippen molar-refractivity contribution in [2.75, 3.05) is 104 Å². The number of carbonyl (C=O) groups excluding carboxylic acids is 1. The predicted molar refractivity (Wildman–Crippen MR) is 306 cm³/mol. The highest BCUT2D eigenvalue weighted by atomic mass is 19.5. The summed E-state index contributed by atoms with van der Waals surface area (Å²) in [6, 6.07) is 0. The molecule has 138 heavy (non-hydrogen) atoms. The van der Waals surface area contributed by atoms with Crippen molar-refractivity contribution in [3.05, 3.63) is 85.8 Å². The number of hydrogen-bond acceptors (Lipinski definition) is 12. The standard InChI is InChI=1S/2C8H4F12O2.C8H6F10O2.C7F10O.C6H4F8O2.C5H4F6O.C5H6F4O.CF2O.7CH3F/c1-3(10)4(11,12)5(13,14)6(15,16)22-8(19,20)7(17,18)21-2-9;1-3(9)5(13,14)22-6(15,7(16,17)18)8(19,20)21-2-4(10,11)12;1-4(9)7(15,16)19-2-5(10,11)8(17,18)20-3-6(12,13)14;8-2-1-3(6(12,13)14,7(15,16)17)4(1,9)18-5(2,10)11;1-3(8)4(9,10)16-6(13,14)5(11,12)15-2-7;1-3(6)5(10,11)12-2-4(7,8)9;1-4(7)5(8,9)10-3-2-6;2-1(3)4;7*1-2/h2*1-2H2;1-3H2;;1-2H2;1-2H2;1-3H2;;7*1H3. The van der Waals surface area contributed by atoms with Gasteiger partial charge in [-0.05, 0) is 0 Å². The van der Waals surface area contributed by atoms with Gasteiger partial charge in [0.25, 0.3) is 11.3 Å². The number of ether oxygens (including phenoxy) is 11. The highest BCUT2D eigenvalue weighted by Crippen LogP contribution is 2.83. The number of rotatable bonds is 34. The molecule has 0 aromatic carbocycles. The molecule has 0 aromatic heterocycles. The molecule has 1 heterocycles. The van der Waals surface area contributed by atoms with Crippen LogP contribution < -0.4 is 0 Å². The lowest BCUT2D eigenvalue weighted by molar-refractivity contribution is -0.516. The summed E-state index contributed by atoms with van der Waals surface area (Å²) in [7, 11) is 3.50. The maximum absolute atomic E-state index is 13.3. The minimum Gasteiger partial charge on any atom is -0.312 e. The molecule has 2 unspecified atom stereocenters. The SMILES string of the molecule is C=C(F)C(F)(F)C(F)(F)C(F)(F)OC(F)(F)C(F)(F)OCF.C=C(F)C(F)(F)OC(F)(C(F)(F)F)C(F)(F)OCC(F)(F)F.C=C(F)C(F)(F)OC(F)(F)C(F)(F)OCF.C=C(F)C(F)(F)OCC(F)(F)C(F)(F)OCC(F)(F)F.C=C(F)C(F)(F)OCC(F)(F)F.C=C(F)C(F)(F)OCCF.CF.CF.CF.CF.CF.CF.CF.FC1=C2C(F)(OC1(F)F)C2(C(F)(F)F)C(F)(F)F.O=C(F)F. The highest BCUT2D eigenvalue weighted by Gasteiger charge is 3.03. The Kier molecular flexibility index (Phi) is 69.0. The van der Waals surface area contributed by atoms with Gasteiger partial charge in [-0.3, -0.25) is 49.7 Å². The number of alkyl halides is 62. The van der Waals surface area contributed by atoms with Crippen molar-refractivity contribution in [3.8, 4) is 0 Å². The van der Waals surface area contributed by atoms with Crippen molar-refractivity contribution >= 4 is 6.29 Å². The van der Waals surface area contributed by atoms with Gasteiger partial charge in [-0.1, -0.05) is 39.5 Å². The van der Waals surface area contributed by atoms with Gasteiger partial charge >= 0.3 is 146 Å². The van der Waals surface area contributed by atoms with Crippen LogP contribution in [0.15, 0.2) is 85.8 Å². The zero-order valence-electron chi connectivity index (χ0n) is 65.6. The van der Waals surface area contributed by atoms with Gasteiger partial charge in [0.15, 0.2) is 48.7 Å². The van der Waals surface area contributed by atoms with E-state index in [0.29, 0.717) is 50.2 Å². The van der Waals surface area contributed by atoms with Gasteiger partial charge in [0.2, 0.25) is 5.83 Å². The van der Waals surface area contributed by atoms with Crippen LogP contribution in [-0.4, -0.2) is 256 Å². The van der Waals surface area contributed by atoms with Crippen molar-refractivity contribution in [1.29, 1.82) is 0 Å². The molecule has 2 atom stereocenters. The Balaban J connectivity index is -0.000000118. The van der Waals surface area contributed by atoms with Crippen LogP contribution in [0.3, 0.4) is 0 Å². The van der Waals surface area contributed by atoms with Crippen LogP contribution in [0.5, 0.6) is 0 Å². The second kappa shape index (κ2) is 60.1. The highest BCUT2D eigenvalue weighted by molar-refractivity contribution is 5.56. The third-order valence-electron chi connectivity index (χ3n) is 10.5. The van der Waals surface area contributed by atoms with Crippen molar-refractivity contribution < 1.29 is 369 Å². The Hall–Kier alpha value is -7.56. The molecule has 0 amide bonds. The largest absolute Gasteiger partial charge is 0.483 e. The molecule has 0 aromatic rings. The van der Waals surface area contributed by atoms with E-state index in [9.17, 15) is 312 Å². The van der Waals surface area contributed by atoms with Gasteiger partial charge in [-0.2, -0.15) is 224 Å². The van der Waals surface area contributed by atoms with Crippen LogP contribution in [0.25, 0.3) is 0 Å². The lowest BCUT2D eigenvalue weighted by Crippen LogP contribution is -2.61. The van der Waals surface area contributed by atoms with E-state index in [1.54, 1.807) is 17.9 Å². The van der Waals surface area contributed by atoms with Gasteiger partial charge in [0, 0.05) is 0 Å². The van der Waals surface area contributed by atoms with Gasteiger partial charge < -0.3 is 23.7 Å². The molecule has 1 fully saturated rings. The zero-order chi connectivity index (χ0) is 116. The first-order valence-electron chi connectivity index (χ1n) is 29.3. The second-order valence-electron chi connectivity index (χ2n) is 19.8. The van der Waals surface area contributed by atoms with Crippen LogP contribution in [-0.2, 0) is 52.1 Å². The smallest absolute Gasteiger partial charge is 0.312 e. The first-order valence-corrected chi connectivity index (χ1v) is 29.3. The van der Waals surface area contributed by atoms with Crippen LogP contribution in [0.1, 0.15) is 0 Å². The van der Waals surface area contributed by atoms with E-state index in [1.165, 1.54) is 0 Å². The van der Waals surface area contributed by atoms with E-state index in [4.69, 9.17) is 4.79 Å². The third kappa shape index (κ3) is 50.4. The Bertz CT molecular complexity index is 3470. The topological polar surface area (TPSA) is 119 Å². The third-order valence-corrected chi connectivity index (χ3v) is 10.5. The number of halogens is 71. The molecular formula is C55H49F71O12. The molecular weight excluding hydrogens is 2200 g/mol. The summed E-state index contributed by atoms with van der Waals surface area (Å²) in [6.45, 7) is -6.24. The number of allylic oxidation sites excluding steroid dienone is 1. The van der Waals surface area contributed by atoms with Crippen molar-refractivity contribution in [2.45, 2.75) is 146 Å². The van der Waals surface area contributed by atoms with Gasteiger partial charge in [0.1, 0.15) is 33.1 Å². The lowest BCUT2D eigenvalue weighted by Gasteiger charge is -2.35. The Morgan fingerprint density at radius 2 is 0.551 bits per heavy atom. The van der Waals surface area contributed by atoms with E-state index in [1.807, 2.05) is 17.9 Å². The van der Waals surface area contributed by atoms with E-state index in [-0.39, 0.29) is 0 Å². The van der Waals surface area contributed by atoms with E-state index >= 15 is 0 Å². The number of hydrogen-bond donors (Lipinski definition) is 0. The van der Waals surface area contributed by atoms with E-state index < -0.39 is 257 Å². The molecule has 0 spiro atoms. The van der Waals surface area contributed by atoms with E-state index in [0.717, 1.165) is 0 Å².